The van der Waals surface area contributed by atoms with E-state index in [9.17, 15) is 0 Å². The van der Waals surface area contributed by atoms with Crippen LogP contribution in [-0.2, 0) is 0 Å². The molecule has 2 rings (SSSR count). The van der Waals surface area contributed by atoms with Crippen molar-refractivity contribution in [3.63, 3.8) is 0 Å². The van der Waals surface area contributed by atoms with Crippen molar-refractivity contribution in [2.24, 2.45) is 0 Å². The van der Waals surface area contributed by atoms with Crippen LogP contribution in [0.25, 0.3) is 0 Å². The van der Waals surface area contributed by atoms with Crippen molar-refractivity contribution in [2.75, 3.05) is 6.54 Å². The van der Waals surface area contributed by atoms with E-state index in [-0.39, 0.29) is 6.04 Å². The molecule has 1 atom stereocenters. The molecule has 0 aliphatic carbocycles. The molecule has 2 nitrogen and oxygen atoms in total. The molecule has 1 unspecified atom stereocenters. The number of nitrogens with one attached hydrogen (secondary N) is 1. The lowest BCUT2D eigenvalue weighted by molar-refractivity contribution is 0.495. The number of benzene rings is 1. The highest BCUT2D eigenvalue weighted by atomic mass is 79.9. The van der Waals surface area contributed by atoms with Gasteiger partial charge >= 0.3 is 0 Å². The Morgan fingerprint density at radius 1 is 1.16 bits per heavy atom. The van der Waals surface area contributed by atoms with Crippen LogP contribution in [0.3, 0.4) is 0 Å². The van der Waals surface area contributed by atoms with Crippen molar-refractivity contribution >= 4 is 31.9 Å². The minimum Gasteiger partial charge on any atom is -0.466 e. The van der Waals surface area contributed by atoms with Gasteiger partial charge in [0.1, 0.15) is 11.5 Å². The summed E-state index contributed by atoms with van der Waals surface area (Å²) in [5.74, 6) is 1.92. The molecule has 1 heterocycles. The van der Waals surface area contributed by atoms with Crippen LogP contribution in [0, 0.1) is 13.8 Å². The van der Waals surface area contributed by atoms with Gasteiger partial charge in [-0.05, 0) is 44.2 Å². The molecule has 102 valence electrons. The van der Waals surface area contributed by atoms with Crippen molar-refractivity contribution in [3.05, 3.63) is 55.9 Å². The molecule has 19 heavy (non-hydrogen) atoms. The lowest BCUT2D eigenvalue weighted by Gasteiger charge is -2.19. The molecule has 0 aliphatic heterocycles. The lowest BCUT2D eigenvalue weighted by Crippen LogP contribution is -2.22. The molecule has 4 heteroatoms. The third-order valence-electron chi connectivity index (χ3n) is 3.07. The molecular formula is C15H17Br2NO. The van der Waals surface area contributed by atoms with E-state index in [2.05, 4.69) is 68.4 Å². The second-order valence-electron chi connectivity index (χ2n) is 4.53. The van der Waals surface area contributed by atoms with Gasteiger partial charge < -0.3 is 9.73 Å². The zero-order valence-corrected chi connectivity index (χ0v) is 14.4. The number of hydrogen-bond donors (Lipinski definition) is 1. The van der Waals surface area contributed by atoms with Crippen LogP contribution in [0.2, 0.25) is 0 Å². The van der Waals surface area contributed by atoms with Crippen molar-refractivity contribution in [1.29, 1.82) is 0 Å². The van der Waals surface area contributed by atoms with Crippen LogP contribution in [0.4, 0.5) is 0 Å². The van der Waals surface area contributed by atoms with Crippen LogP contribution >= 0.6 is 31.9 Å². The van der Waals surface area contributed by atoms with E-state index in [1.165, 1.54) is 11.1 Å². The maximum Gasteiger partial charge on any atom is 0.106 e. The number of aryl methyl sites for hydroxylation is 2. The first-order chi connectivity index (χ1) is 9.02. The number of furan rings is 1. The van der Waals surface area contributed by atoms with Gasteiger partial charge in [-0.1, -0.05) is 44.8 Å². The first-order valence-electron chi connectivity index (χ1n) is 6.28. The van der Waals surface area contributed by atoms with Crippen LogP contribution in [0.1, 0.15) is 35.6 Å². The lowest BCUT2D eigenvalue weighted by atomic mass is 9.99. The summed E-state index contributed by atoms with van der Waals surface area (Å²) in [7, 11) is 0. The fourth-order valence-corrected chi connectivity index (χ4v) is 3.54. The van der Waals surface area contributed by atoms with Crippen molar-refractivity contribution < 1.29 is 4.42 Å². The molecule has 0 spiro atoms. The van der Waals surface area contributed by atoms with E-state index in [1.807, 2.05) is 13.8 Å². The van der Waals surface area contributed by atoms with Gasteiger partial charge in [0.25, 0.3) is 0 Å². The smallest absolute Gasteiger partial charge is 0.106 e. The van der Waals surface area contributed by atoms with Gasteiger partial charge in [-0.3, -0.25) is 0 Å². The van der Waals surface area contributed by atoms with E-state index in [0.29, 0.717) is 0 Å². The summed E-state index contributed by atoms with van der Waals surface area (Å²) in [5, 5.41) is 3.52. The number of rotatable bonds is 4. The maximum absolute atomic E-state index is 5.66. The Morgan fingerprint density at radius 3 is 2.42 bits per heavy atom. The summed E-state index contributed by atoms with van der Waals surface area (Å²) in [4.78, 5) is 0. The topological polar surface area (TPSA) is 25.2 Å². The molecule has 0 saturated heterocycles. The molecule has 1 N–H and O–H groups in total. The van der Waals surface area contributed by atoms with Crippen LogP contribution in [-0.4, -0.2) is 6.54 Å². The average Bonchev–Trinajstić information content (AvgIpc) is 2.66. The normalized spacial score (nSPS) is 12.7. The third kappa shape index (κ3) is 3.30. The van der Waals surface area contributed by atoms with Crippen molar-refractivity contribution in [3.8, 4) is 0 Å². The van der Waals surface area contributed by atoms with Gasteiger partial charge in [-0.25, -0.2) is 0 Å². The monoisotopic (exact) mass is 385 g/mol. The molecule has 0 aliphatic rings. The SMILES string of the molecule is CCNC(c1ccc(Br)cc1Br)c1cc(C)oc1C. The Hall–Kier alpha value is -0.580. The zero-order chi connectivity index (χ0) is 14.0. The van der Waals surface area contributed by atoms with Gasteiger partial charge in [0, 0.05) is 14.5 Å². The minimum atomic E-state index is 0.143. The molecule has 1 aromatic heterocycles. The van der Waals surface area contributed by atoms with Crippen molar-refractivity contribution in [1.82, 2.24) is 5.32 Å². The van der Waals surface area contributed by atoms with E-state index in [1.54, 1.807) is 0 Å². The number of hydrogen-bond acceptors (Lipinski definition) is 2. The molecule has 0 fully saturated rings. The highest BCUT2D eigenvalue weighted by Gasteiger charge is 2.20. The Kier molecular flexibility index (Phi) is 4.87. The summed E-state index contributed by atoms with van der Waals surface area (Å²) in [6, 6.07) is 8.51. The predicted molar refractivity (Wildman–Crippen MR) is 85.5 cm³/mol. The first kappa shape index (κ1) is 14.8. The highest BCUT2D eigenvalue weighted by molar-refractivity contribution is 9.11. The van der Waals surface area contributed by atoms with Crippen LogP contribution < -0.4 is 5.32 Å². The summed E-state index contributed by atoms with van der Waals surface area (Å²) in [6.07, 6.45) is 0. The quantitative estimate of drug-likeness (QED) is 0.788. The average molecular weight is 387 g/mol. The first-order valence-corrected chi connectivity index (χ1v) is 7.86. The van der Waals surface area contributed by atoms with Gasteiger partial charge in [0.15, 0.2) is 0 Å². The Balaban J connectivity index is 2.48. The summed E-state index contributed by atoms with van der Waals surface area (Å²) in [6.45, 7) is 7.01. The minimum absolute atomic E-state index is 0.143. The zero-order valence-electron chi connectivity index (χ0n) is 11.3. The standard InChI is InChI=1S/C15H17Br2NO/c1-4-18-15(13-7-9(2)19-10(13)3)12-6-5-11(16)8-14(12)17/h5-8,15,18H,4H2,1-3H3. The fraction of sp³-hybridized carbons (Fsp3) is 0.333. The molecular weight excluding hydrogens is 370 g/mol. The predicted octanol–water partition coefficient (Wildman–Crippen LogP) is 5.12. The van der Waals surface area contributed by atoms with Gasteiger partial charge in [-0.15, -0.1) is 0 Å². The van der Waals surface area contributed by atoms with E-state index < -0.39 is 0 Å². The summed E-state index contributed by atoms with van der Waals surface area (Å²) >= 11 is 7.14. The second kappa shape index (κ2) is 6.25. The largest absolute Gasteiger partial charge is 0.466 e. The Morgan fingerprint density at radius 2 is 1.89 bits per heavy atom. The summed E-state index contributed by atoms with van der Waals surface area (Å²) < 4.78 is 7.82. The molecule has 0 radical (unpaired) electrons. The number of halogens is 2. The van der Waals surface area contributed by atoms with E-state index >= 15 is 0 Å². The molecule has 1 aromatic carbocycles. The third-order valence-corrected chi connectivity index (χ3v) is 4.25. The van der Waals surface area contributed by atoms with Crippen LogP contribution in [0.5, 0.6) is 0 Å². The fourth-order valence-electron chi connectivity index (χ4n) is 2.26. The maximum atomic E-state index is 5.66. The van der Waals surface area contributed by atoms with Crippen LogP contribution in [0.15, 0.2) is 37.6 Å². The Bertz CT molecular complexity index is 578. The Labute approximate surface area is 130 Å². The summed E-state index contributed by atoms with van der Waals surface area (Å²) in [5.41, 5.74) is 2.41. The molecule has 0 amide bonds. The van der Waals surface area contributed by atoms with Gasteiger partial charge in [0.2, 0.25) is 0 Å². The van der Waals surface area contributed by atoms with Gasteiger partial charge in [-0.2, -0.15) is 0 Å². The second-order valence-corrected chi connectivity index (χ2v) is 6.30. The molecule has 0 saturated carbocycles. The van der Waals surface area contributed by atoms with E-state index in [4.69, 9.17) is 4.42 Å². The molecule has 0 bridgehead atoms. The van der Waals surface area contributed by atoms with E-state index in [0.717, 1.165) is 27.0 Å². The molecule has 2 aromatic rings. The van der Waals surface area contributed by atoms with Crippen molar-refractivity contribution in [2.45, 2.75) is 26.8 Å². The van der Waals surface area contributed by atoms with Gasteiger partial charge in [0.05, 0.1) is 6.04 Å². The highest BCUT2D eigenvalue weighted by Crippen LogP contribution is 2.33.